The number of alkyl halides is 2. The number of rotatable bonds is 3. The van der Waals surface area contributed by atoms with Crippen molar-refractivity contribution in [2.45, 2.75) is 44.6 Å². The van der Waals surface area contributed by atoms with E-state index in [1.165, 1.54) is 14.0 Å². The average molecular weight is 294 g/mol. The van der Waals surface area contributed by atoms with Crippen molar-refractivity contribution in [3.05, 3.63) is 11.0 Å². The van der Waals surface area contributed by atoms with E-state index in [0.717, 1.165) is 0 Å². The van der Waals surface area contributed by atoms with Crippen molar-refractivity contribution < 1.29 is 23.0 Å². The number of hydrogen-bond acceptors (Lipinski definition) is 4. The molecule has 0 aromatic carbocycles. The largest absolute Gasteiger partial charge is 0.467 e. The standard InChI is InChI=1S/C13H20F2O3S/c1-8-6-9(19)4-5-10(14)13(2,12(8)15)18-7-11(16)17-3/h6,8,10,12,19H,4-5,7H2,1-3H3/b9-6+/t8?,10?,12?,13-/m1/s1. The van der Waals surface area contributed by atoms with Crippen LogP contribution in [0.4, 0.5) is 8.78 Å². The van der Waals surface area contributed by atoms with Gasteiger partial charge in [-0.25, -0.2) is 13.6 Å². The van der Waals surface area contributed by atoms with Gasteiger partial charge in [0.1, 0.15) is 24.6 Å². The van der Waals surface area contributed by atoms with Crippen LogP contribution in [0.15, 0.2) is 11.0 Å². The lowest BCUT2D eigenvalue weighted by Crippen LogP contribution is -2.51. The van der Waals surface area contributed by atoms with Crippen LogP contribution in [-0.2, 0) is 14.3 Å². The molecule has 0 fully saturated rings. The lowest BCUT2D eigenvalue weighted by atomic mass is 9.82. The highest BCUT2D eigenvalue weighted by Gasteiger charge is 2.47. The van der Waals surface area contributed by atoms with Gasteiger partial charge in [0.05, 0.1) is 7.11 Å². The van der Waals surface area contributed by atoms with Crippen LogP contribution in [0.3, 0.4) is 0 Å². The topological polar surface area (TPSA) is 35.5 Å². The molecule has 3 unspecified atom stereocenters. The Morgan fingerprint density at radius 1 is 1.58 bits per heavy atom. The predicted molar refractivity (Wildman–Crippen MR) is 71.6 cm³/mol. The summed E-state index contributed by atoms with van der Waals surface area (Å²) in [6.45, 7) is 2.54. The summed E-state index contributed by atoms with van der Waals surface area (Å²) in [6.07, 6.45) is -0.863. The molecule has 0 aliphatic heterocycles. The van der Waals surface area contributed by atoms with Crippen LogP contribution < -0.4 is 0 Å². The van der Waals surface area contributed by atoms with Gasteiger partial charge in [0.2, 0.25) is 0 Å². The minimum absolute atomic E-state index is 0.111. The second-order valence-electron chi connectivity index (χ2n) is 4.97. The van der Waals surface area contributed by atoms with Gasteiger partial charge in [0.15, 0.2) is 0 Å². The molecule has 110 valence electrons. The molecule has 4 atom stereocenters. The third-order valence-corrected chi connectivity index (χ3v) is 3.84. The van der Waals surface area contributed by atoms with Crippen LogP contribution in [0, 0.1) is 5.92 Å². The molecule has 0 aromatic heterocycles. The Morgan fingerprint density at radius 2 is 2.21 bits per heavy atom. The molecular formula is C13H20F2O3S. The number of carbonyl (C=O) groups excluding carboxylic acids is 1. The Balaban J connectivity index is 2.90. The first-order chi connectivity index (χ1) is 8.81. The summed E-state index contributed by atoms with van der Waals surface area (Å²) < 4.78 is 38.3. The molecule has 0 N–H and O–H groups in total. The molecule has 0 amide bonds. The Morgan fingerprint density at radius 3 is 2.79 bits per heavy atom. The van der Waals surface area contributed by atoms with Crippen molar-refractivity contribution in [1.29, 1.82) is 0 Å². The molecule has 3 nitrogen and oxygen atoms in total. The van der Waals surface area contributed by atoms with E-state index in [1.54, 1.807) is 13.0 Å². The van der Waals surface area contributed by atoms with E-state index in [1.807, 2.05) is 0 Å². The van der Waals surface area contributed by atoms with Crippen molar-refractivity contribution in [3.8, 4) is 0 Å². The highest BCUT2D eigenvalue weighted by molar-refractivity contribution is 7.84. The fraction of sp³-hybridized carbons (Fsp3) is 0.769. The Kier molecular flexibility index (Phi) is 5.80. The maximum atomic E-state index is 14.4. The summed E-state index contributed by atoms with van der Waals surface area (Å²) in [5.74, 6) is -1.19. The maximum absolute atomic E-state index is 14.4. The molecule has 0 saturated heterocycles. The third kappa shape index (κ3) is 3.92. The molecule has 1 aliphatic carbocycles. The number of halogens is 2. The van der Waals surface area contributed by atoms with Crippen molar-refractivity contribution >= 4 is 18.6 Å². The predicted octanol–water partition coefficient (Wildman–Crippen LogP) is 2.85. The molecular weight excluding hydrogens is 274 g/mol. The van der Waals surface area contributed by atoms with Gasteiger partial charge in [-0.3, -0.25) is 0 Å². The lowest BCUT2D eigenvalue weighted by Gasteiger charge is -2.39. The molecule has 19 heavy (non-hydrogen) atoms. The van der Waals surface area contributed by atoms with E-state index in [4.69, 9.17) is 4.74 Å². The molecule has 0 spiro atoms. The van der Waals surface area contributed by atoms with E-state index in [-0.39, 0.29) is 6.42 Å². The number of thiol groups is 1. The summed E-state index contributed by atoms with van der Waals surface area (Å²) in [5, 5.41) is 0. The highest BCUT2D eigenvalue weighted by atomic mass is 32.1. The lowest BCUT2D eigenvalue weighted by molar-refractivity contribution is -0.170. The van der Waals surface area contributed by atoms with Crippen LogP contribution in [0.5, 0.6) is 0 Å². The van der Waals surface area contributed by atoms with Crippen LogP contribution in [-0.4, -0.2) is 37.6 Å². The van der Waals surface area contributed by atoms with Crippen LogP contribution in [0.2, 0.25) is 0 Å². The molecule has 0 aromatic rings. The number of methoxy groups -OCH3 is 1. The van der Waals surface area contributed by atoms with E-state index in [2.05, 4.69) is 17.4 Å². The quantitative estimate of drug-likeness (QED) is 0.642. The van der Waals surface area contributed by atoms with E-state index in [0.29, 0.717) is 11.3 Å². The summed E-state index contributed by atoms with van der Waals surface area (Å²) >= 11 is 4.19. The summed E-state index contributed by atoms with van der Waals surface area (Å²) in [5.41, 5.74) is -1.65. The first kappa shape index (κ1) is 16.4. The molecule has 6 heteroatoms. The van der Waals surface area contributed by atoms with Gasteiger partial charge in [-0.15, -0.1) is 12.6 Å². The average Bonchev–Trinajstić information content (AvgIpc) is 2.39. The number of esters is 1. The van der Waals surface area contributed by atoms with E-state index >= 15 is 0 Å². The third-order valence-electron chi connectivity index (χ3n) is 3.47. The van der Waals surface area contributed by atoms with Crippen LogP contribution in [0.25, 0.3) is 0 Å². The van der Waals surface area contributed by atoms with Crippen molar-refractivity contribution in [2.24, 2.45) is 5.92 Å². The molecule has 0 heterocycles. The zero-order chi connectivity index (χ0) is 14.6. The first-order valence-electron chi connectivity index (χ1n) is 6.19. The summed E-state index contributed by atoms with van der Waals surface area (Å²) in [6, 6.07) is 0. The Hall–Kier alpha value is -0.620. The highest BCUT2D eigenvalue weighted by Crippen LogP contribution is 2.37. The van der Waals surface area contributed by atoms with Crippen molar-refractivity contribution in [2.75, 3.05) is 13.7 Å². The fourth-order valence-electron chi connectivity index (χ4n) is 2.17. The van der Waals surface area contributed by atoms with Gasteiger partial charge in [-0.1, -0.05) is 13.0 Å². The van der Waals surface area contributed by atoms with E-state index in [9.17, 15) is 13.6 Å². The SMILES string of the molecule is COC(=O)CO[C@]1(C)C(F)CC/C(S)=C\C(C)C1F. The van der Waals surface area contributed by atoms with Crippen molar-refractivity contribution in [1.82, 2.24) is 0 Å². The summed E-state index contributed by atoms with van der Waals surface area (Å²) in [7, 11) is 1.20. The van der Waals surface area contributed by atoms with Crippen molar-refractivity contribution in [3.63, 3.8) is 0 Å². The number of carbonyl (C=O) groups is 1. The van der Waals surface area contributed by atoms with Crippen LogP contribution in [0.1, 0.15) is 26.7 Å². The Labute approximate surface area is 117 Å². The smallest absolute Gasteiger partial charge is 0.331 e. The maximum Gasteiger partial charge on any atom is 0.331 e. The Bertz CT molecular complexity index is 362. The molecule has 0 bridgehead atoms. The normalized spacial score (nSPS) is 38.8. The van der Waals surface area contributed by atoms with Gasteiger partial charge < -0.3 is 9.47 Å². The van der Waals surface area contributed by atoms with Gasteiger partial charge in [-0.05, 0) is 24.7 Å². The van der Waals surface area contributed by atoms with E-state index < -0.39 is 36.4 Å². The van der Waals surface area contributed by atoms with Gasteiger partial charge in [0.25, 0.3) is 0 Å². The molecule has 1 rings (SSSR count). The fourth-order valence-corrected chi connectivity index (χ4v) is 2.53. The number of hydrogen-bond donors (Lipinski definition) is 1. The monoisotopic (exact) mass is 294 g/mol. The zero-order valence-corrected chi connectivity index (χ0v) is 12.3. The zero-order valence-electron chi connectivity index (χ0n) is 11.4. The first-order valence-corrected chi connectivity index (χ1v) is 6.64. The van der Waals surface area contributed by atoms with Gasteiger partial charge in [0, 0.05) is 5.92 Å². The van der Waals surface area contributed by atoms with Gasteiger partial charge >= 0.3 is 5.97 Å². The number of ether oxygens (including phenoxy) is 2. The molecule has 0 radical (unpaired) electrons. The second kappa shape index (κ2) is 6.70. The van der Waals surface area contributed by atoms with Crippen LogP contribution >= 0.6 is 12.6 Å². The second-order valence-corrected chi connectivity index (χ2v) is 5.55. The minimum atomic E-state index is -1.65. The minimum Gasteiger partial charge on any atom is -0.467 e. The molecule has 0 saturated carbocycles. The van der Waals surface area contributed by atoms with Gasteiger partial charge in [-0.2, -0.15) is 0 Å². The number of allylic oxidation sites excluding steroid dienone is 2. The summed E-state index contributed by atoms with van der Waals surface area (Å²) in [4.78, 5) is 11.8. The molecule has 1 aliphatic rings.